The van der Waals surface area contributed by atoms with Gasteiger partial charge in [-0.25, -0.2) is 0 Å². The Balaban J connectivity index is 1.84. The molecule has 0 heterocycles. The van der Waals surface area contributed by atoms with Crippen LogP contribution in [0.15, 0.2) is 60.7 Å². The Morgan fingerprint density at radius 2 is 1.52 bits per heavy atom. The standard InChI is InChI=1S/C27H37NO3/c1-2-31-27(30)19-26(29)25(18-22-12-6-3-7-13-22)28(20-23-14-8-4-9-15-23)21-24-16-10-5-11-17-24/h4-5,8-11,14-17,22,25-26,29H,2-3,6-7,12-13,18-21H2,1H3/t25-,26-/m0/s1. The van der Waals surface area contributed by atoms with Gasteiger partial charge in [-0.1, -0.05) is 92.8 Å². The van der Waals surface area contributed by atoms with Gasteiger partial charge in [0.2, 0.25) is 0 Å². The van der Waals surface area contributed by atoms with Crippen molar-refractivity contribution < 1.29 is 14.6 Å². The van der Waals surface area contributed by atoms with Crippen molar-refractivity contribution in [1.82, 2.24) is 4.90 Å². The molecule has 1 fully saturated rings. The molecule has 0 saturated heterocycles. The number of ether oxygens (including phenoxy) is 1. The number of carbonyl (C=O) groups is 1. The number of rotatable bonds is 11. The minimum atomic E-state index is -0.742. The SMILES string of the molecule is CCOC(=O)C[C@H](O)[C@H](CC1CCCCC1)N(Cc1ccccc1)Cc1ccccc1. The monoisotopic (exact) mass is 423 g/mol. The fourth-order valence-corrected chi connectivity index (χ4v) is 4.77. The number of hydrogen-bond acceptors (Lipinski definition) is 4. The fraction of sp³-hybridized carbons (Fsp3) is 0.519. The van der Waals surface area contributed by atoms with Crippen LogP contribution in [0.2, 0.25) is 0 Å². The molecule has 0 spiro atoms. The molecular weight excluding hydrogens is 386 g/mol. The molecule has 1 aliphatic carbocycles. The van der Waals surface area contributed by atoms with E-state index in [4.69, 9.17) is 4.74 Å². The van der Waals surface area contributed by atoms with Crippen molar-refractivity contribution in [3.8, 4) is 0 Å². The summed E-state index contributed by atoms with van der Waals surface area (Å²) in [6.45, 7) is 3.64. The molecule has 3 rings (SSSR count). The quantitative estimate of drug-likeness (QED) is 0.496. The summed E-state index contributed by atoms with van der Waals surface area (Å²) in [7, 11) is 0. The first kappa shape index (κ1) is 23.5. The Hall–Kier alpha value is -2.17. The first-order valence-corrected chi connectivity index (χ1v) is 11.8. The Morgan fingerprint density at radius 1 is 0.968 bits per heavy atom. The van der Waals surface area contributed by atoms with Crippen LogP contribution in [0.4, 0.5) is 0 Å². The zero-order chi connectivity index (χ0) is 21.9. The number of aliphatic hydroxyl groups is 1. The molecule has 0 aliphatic heterocycles. The number of esters is 1. The summed E-state index contributed by atoms with van der Waals surface area (Å²) in [6.07, 6.45) is 6.50. The molecule has 0 radical (unpaired) electrons. The fourth-order valence-electron chi connectivity index (χ4n) is 4.77. The normalized spacial score (nSPS) is 16.7. The van der Waals surface area contributed by atoms with Crippen LogP contribution in [0.1, 0.15) is 63.0 Å². The number of hydrogen-bond donors (Lipinski definition) is 1. The van der Waals surface area contributed by atoms with Gasteiger partial charge in [-0.15, -0.1) is 0 Å². The molecule has 0 unspecified atom stereocenters. The predicted octanol–water partition coefficient (Wildman–Crippen LogP) is 5.34. The van der Waals surface area contributed by atoms with E-state index in [0.717, 1.165) is 19.5 Å². The van der Waals surface area contributed by atoms with Gasteiger partial charge < -0.3 is 9.84 Å². The first-order valence-electron chi connectivity index (χ1n) is 11.8. The molecule has 0 aromatic heterocycles. The van der Waals surface area contributed by atoms with Crippen molar-refractivity contribution in [3.05, 3.63) is 71.8 Å². The van der Waals surface area contributed by atoms with Gasteiger partial charge in [-0.3, -0.25) is 9.69 Å². The molecule has 4 heteroatoms. The third-order valence-electron chi connectivity index (χ3n) is 6.35. The van der Waals surface area contributed by atoms with Crippen molar-refractivity contribution in [2.45, 2.75) is 77.1 Å². The van der Waals surface area contributed by atoms with Crippen LogP contribution >= 0.6 is 0 Å². The molecule has 4 nitrogen and oxygen atoms in total. The molecule has 2 aromatic carbocycles. The summed E-state index contributed by atoms with van der Waals surface area (Å²) in [6, 6.07) is 20.7. The van der Waals surface area contributed by atoms with E-state index in [-0.39, 0.29) is 18.4 Å². The van der Waals surface area contributed by atoms with Gasteiger partial charge in [0.05, 0.1) is 19.1 Å². The lowest BCUT2D eigenvalue weighted by atomic mass is 9.82. The van der Waals surface area contributed by atoms with Crippen LogP contribution in [0, 0.1) is 5.92 Å². The van der Waals surface area contributed by atoms with E-state index in [1.807, 2.05) is 12.1 Å². The Morgan fingerprint density at radius 3 is 2.03 bits per heavy atom. The molecule has 31 heavy (non-hydrogen) atoms. The third kappa shape index (κ3) is 7.79. The van der Waals surface area contributed by atoms with Gasteiger partial charge in [0.25, 0.3) is 0 Å². The maximum absolute atomic E-state index is 12.2. The minimum Gasteiger partial charge on any atom is -0.466 e. The Labute approximate surface area is 187 Å². The second kappa shape index (κ2) is 12.6. The zero-order valence-corrected chi connectivity index (χ0v) is 18.8. The van der Waals surface area contributed by atoms with Crippen LogP contribution in [-0.2, 0) is 22.6 Å². The molecule has 0 bridgehead atoms. The molecule has 2 atom stereocenters. The molecule has 0 amide bonds. The van der Waals surface area contributed by atoms with Gasteiger partial charge in [0.15, 0.2) is 0 Å². The highest BCUT2D eigenvalue weighted by Gasteiger charge is 2.31. The lowest BCUT2D eigenvalue weighted by Crippen LogP contribution is -2.45. The van der Waals surface area contributed by atoms with E-state index in [9.17, 15) is 9.90 Å². The van der Waals surface area contributed by atoms with Gasteiger partial charge in [0, 0.05) is 19.1 Å². The molecule has 1 saturated carbocycles. The minimum absolute atomic E-state index is 0.0469. The van der Waals surface area contributed by atoms with E-state index in [2.05, 4.69) is 53.4 Å². The van der Waals surface area contributed by atoms with E-state index in [1.54, 1.807) is 6.92 Å². The van der Waals surface area contributed by atoms with Crippen LogP contribution in [0.3, 0.4) is 0 Å². The second-order valence-electron chi connectivity index (χ2n) is 8.76. The lowest BCUT2D eigenvalue weighted by Gasteiger charge is -2.38. The number of benzene rings is 2. The maximum atomic E-state index is 12.2. The average molecular weight is 424 g/mol. The average Bonchev–Trinajstić information content (AvgIpc) is 2.79. The molecule has 2 aromatic rings. The van der Waals surface area contributed by atoms with E-state index in [0.29, 0.717) is 12.5 Å². The number of aliphatic hydroxyl groups excluding tert-OH is 1. The van der Waals surface area contributed by atoms with E-state index < -0.39 is 6.10 Å². The summed E-state index contributed by atoms with van der Waals surface area (Å²) in [4.78, 5) is 14.6. The molecule has 1 aliphatic rings. The van der Waals surface area contributed by atoms with Crippen molar-refractivity contribution in [2.75, 3.05) is 6.61 Å². The Kier molecular flexibility index (Phi) is 9.57. The molecular formula is C27H37NO3. The number of nitrogens with zero attached hydrogens (tertiary/aromatic N) is 1. The van der Waals surface area contributed by atoms with Crippen LogP contribution in [-0.4, -0.2) is 34.7 Å². The van der Waals surface area contributed by atoms with Crippen molar-refractivity contribution in [1.29, 1.82) is 0 Å². The van der Waals surface area contributed by atoms with Crippen LogP contribution in [0.25, 0.3) is 0 Å². The van der Waals surface area contributed by atoms with Gasteiger partial charge in [0.1, 0.15) is 0 Å². The van der Waals surface area contributed by atoms with Crippen LogP contribution in [0.5, 0.6) is 0 Å². The highest BCUT2D eigenvalue weighted by molar-refractivity contribution is 5.70. The Bertz CT molecular complexity index is 717. The zero-order valence-electron chi connectivity index (χ0n) is 18.8. The highest BCUT2D eigenvalue weighted by atomic mass is 16.5. The third-order valence-corrected chi connectivity index (χ3v) is 6.35. The lowest BCUT2D eigenvalue weighted by molar-refractivity contribution is -0.146. The largest absolute Gasteiger partial charge is 0.466 e. The summed E-state index contributed by atoms with van der Waals surface area (Å²) >= 11 is 0. The van der Waals surface area contributed by atoms with Crippen molar-refractivity contribution in [2.24, 2.45) is 5.92 Å². The van der Waals surface area contributed by atoms with Crippen molar-refractivity contribution >= 4 is 5.97 Å². The first-order chi connectivity index (χ1) is 15.2. The summed E-state index contributed by atoms with van der Waals surface area (Å²) in [5.41, 5.74) is 2.44. The maximum Gasteiger partial charge on any atom is 0.308 e. The summed E-state index contributed by atoms with van der Waals surface area (Å²) in [5, 5.41) is 11.2. The summed E-state index contributed by atoms with van der Waals surface area (Å²) in [5.74, 6) is 0.285. The van der Waals surface area contributed by atoms with Crippen molar-refractivity contribution in [3.63, 3.8) is 0 Å². The smallest absolute Gasteiger partial charge is 0.308 e. The molecule has 168 valence electrons. The van der Waals surface area contributed by atoms with E-state index >= 15 is 0 Å². The van der Waals surface area contributed by atoms with Gasteiger partial charge >= 0.3 is 5.97 Å². The summed E-state index contributed by atoms with van der Waals surface area (Å²) < 4.78 is 5.15. The topological polar surface area (TPSA) is 49.8 Å². The predicted molar refractivity (Wildman–Crippen MR) is 124 cm³/mol. The second-order valence-corrected chi connectivity index (χ2v) is 8.76. The number of carbonyl (C=O) groups excluding carboxylic acids is 1. The van der Waals surface area contributed by atoms with Gasteiger partial charge in [-0.05, 0) is 30.4 Å². The van der Waals surface area contributed by atoms with Gasteiger partial charge in [-0.2, -0.15) is 0 Å². The van der Waals surface area contributed by atoms with Crippen LogP contribution < -0.4 is 0 Å². The highest BCUT2D eigenvalue weighted by Crippen LogP contribution is 2.31. The molecule has 1 N–H and O–H groups in total. The van der Waals surface area contributed by atoms with E-state index in [1.165, 1.54) is 43.2 Å².